The number of aromatic nitrogens is 2. The van der Waals surface area contributed by atoms with Gasteiger partial charge >= 0.3 is 6.03 Å². The number of hydrogen-bond acceptors (Lipinski definition) is 5. The van der Waals surface area contributed by atoms with E-state index in [9.17, 15) is 9.90 Å². The van der Waals surface area contributed by atoms with E-state index in [1.807, 2.05) is 24.3 Å². The number of hydrogen-bond donors (Lipinski definition) is 3. The quantitative estimate of drug-likeness (QED) is 0.777. The summed E-state index contributed by atoms with van der Waals surface area (Å²) in [6.07, 6.45) is -0.0666. The number of carbonyl (C=O) groups excluding carboxylic acids is 1. The Labute approximate surface area is 121 Å². The summed E-state index contributed by atoms with van der Waals surface area (Å²) in [6.45, 7) is 1.86. The van der Waals surface area contributed by atoms with E-state index in [0.29, 0.717) is 18.1 Å². The van der Waals surface area contributed by atoms with Gasteiger partial charge in [-0.3, -0.25) is 0 Å². The van der Waals surface area contributed by atoms with E-state index < -0.39 is 12.1 Å². The minimum atomic E-state index is -0.612. The van der Waals surface area contributed by atoms with Crippen molar-refractivity contribution < 1.29 is 14.4 Å². The highest BCUT2D eigenvalue weighted by molar-refractivity contribution is 5.74. The van der Waals surface area contributed by atoms with E-state index in [0.717, 1.165) is 11.1 Å². The fraction of sp³-hybridized carbons (Fsp3) is 0.357. The largest absolute Gasteiger partial charge is 0.390 e. The number of urea groups is 1. The molecule has 3 rings (SSSR count). The number of benzene rings is 1. The summed E-state index contributed by atoms with van der Waals surface area (Å²) in [5.74, 6) is 0.863. The van der Waals surface area contributed by atoms with Gasteiger partial charge in [-0.1, -0.05) is 29.4 Å². The van der Waals surface area contributed by atoms with E-state index >= 15 is 0 Å². The first kappa shape index (κ1) is 13.6. The Morgan fingerprint density at radius 2 is 2.29 bits per heavy atom. The SMILES string of the molecule is Cc1noc(CNC(=O)N[C@@H]2c3ccccc3C[C@@H]2O)n1. The molecule has 1 aromatic heterocycles. The Kier molecular flexibility index (Phi) is 3.57. The van der Waals surface area contributed by atoms with Crippen LogP contribution in [-0.2, 0) is 13.0 Å². The first-order valence-electron chi connectivity index (χ1n) is 6.73. The van der Waals surface area contributed by atoms with E-state index in [1.165, 1.54) is 0 Å². The minimum Gasteiger partial charge on any atom is -0.390 e. The van der Waals surface area contributed by atoms with Gasteiger partial charge in [-0.15, -0.1) is 0 Å². The van der Waals surface area contributed by atoms with Crippen LogP contribution in [-0.4, -0.2) is 27.4 Å². The molecule has 2 amide bonds. The van der Waals surface area contributed by atoms with Crippen molar-refractivity contribution in [2.75, 3.05) is 0 Å². The van der Waals surface area contributed by atoms with Crippen molar-refractivity contribution in [2.45, 2.75) is 32.0 Å². The molecule has 21 heavy (non-hydrogen) atoms. The van der Waals surface area contributed by atoms with Crippen molar-refractivity contribution in [3.63, 3.8) is 0 Å². The van der Waals surface area contributed by atoms with Crippen molar-refractivity contribution >= 4 is 6.03 Å². The zero-order chi connectivity index (χ0) is 14.8. The third kappa shape index (κ3) is 2.87. The Bertz CT molecular complexity index is 655. The Morgan fingerprint density at radius 1 is 1.48 bits per heavy atom. The number of aliphatic hydroxyl groups is 1. The van der Waals surface area contributed by atoms with Gasteiger partial charge in [0, 0.05) is 6.42 Å². The first-order valence-corrected chi connectivity index (χ1v) is 6.73. The molecule has 0 spiro atoms. The summed E-state index contributed by atoms with van der Waals surface area (Å²) in [4.78, 5) is 15.9. The van der Waals surface area contributed by atoms with Crippen LogP contribution in [0.25, 0.3) is 0 Å². The molecule has 0 saturated carbocycles. The molecule has 0 unspecified atom stereocenters. The lowest BCUT2D eigenvalue weighted by atomic mass is 10.1. The molecule has 0 bridgehead atoms. The lowest BCUT2D eigenvalue weighted by Gasteiger charge is -2.18. The van der Waals surface area contributed by atoms with Crippen LogP contribution in [0.2, 0.25) is 0 Å². The number of fused-ring (bicyclic) bond motifs is 1. The van der Waals surface area contributed by atoms with Crippen molar-refractivity contribution in [3.05, 3.63) is 47.1 Å². The molecule has 3 N–H and O–H groups in total. The number of amides is 2. The molecular formula is C14H16N4O3. The monoisotopic (exact) mass is 288 g/mol. The van der Waals surface area contributed by atoms with E-state index in [1.54, 1.807) is 6.92 Å². The second kappa shape index (κ2) is 5.53. The fourth-order valence-corrected chi connectivity index (χ4v) is 2.51. The number of rotatable bonds is 3. The van der Waals surface area contributed by atoms with Gasteiger partial charge in [0.05, 0.1) is 18.7 Å². The van der Waals surface area contributed by atoms with Crippen molar-refractivity contribution in [2.24, 2.45) is 0 Å². The highest BCUT2D eigenvalue weighted by Gasteiger charge is 2.31. The van der Waals surface area contributed by atoms with Gasteiger partial charge < -0.3 is 20.3 Å². The van der Waals surface area contributed by atoms with E-state index in [4.69, 9.17) is 4.52 Å². The van der Waals surface area contributed by atoms with E-state index in [2.05, 4.69) is 20.8 Å². The minimum absolute atomic E-state index is 0.150. The Morgan fingerprint density at radius 3 is 3.05 bits per heavy atom. The average Bonchev–Trinajstić information content (AvgIpc) is 3.01. The zero-order valence-electron chi connectivity index (χ0n) is 11.5. The maximum absolute atomic E-state index is 11.9. The predicted molar refractivity (Wildman–Crippen MR) is 73.3 cm³/mol. The summed E-state index contributed by atoms with van der Waals surface area (Å²) in [7, 11) is 0. The van der Waals surface area contributed by atoms with Crippen LogP contribution in [0.5, 0.6) is 0 Å². The highest BCUT2D eigenvalue weighted by atomic mass is 16.5. The van der Waals surface area contributed by atoms with Gasteiger partial charge in [-0.05, 0) is 18.1 Å². The third-order valence-electron chi connectivity index (χ3n) is 3.46. The van der Waals surface area contributed by atoms with Crippen molar-refractivity contribution in [3.8, 4) is 0 Å². The second-order valence-corrected chi connectivity index (χ2v) is 5.01. The number of nitrogens with zero attached hydrogens (tertiary/aromatic N) is 2. The second-order valence-electron chi connectivity index (χ2n) is 5.01. The molecule has 2 aromatic rings. The standard InChI is InChI=1S/C14H16N4O3/c1-8-16-12(21-18-8)7-15-14(20)17-13-10-5-3-2-4-9(10)6-11(13)19/h2-5,11,13,19H,6-7H2,1H3,(H2,15,17,20)/t11-,13+/m0/s1. The Hall–Kier alpha value is -2.41. The van der Waals surface area contributed by atoms with Crippen molar-refractivity contribution in [1.29, 1.82) is 0 Å². The first-order chi connectivity index (χ1) is 10.1. The molecule has 1 aliphatic rings. The smallest absolute Gasteiger partial charge is 0.315 e. The third-order valence-corrected chi connectivity index (χ3v) is 3.46. The molecule has 1 heterocycles. The molecule has 0 saturated heterocycles. The molecule has 1 aliphatic carbocycles. The van der Waals surface area contributed by atoms with Gasteiger partial charge in [-0.25, -0.2) is 4.79 Å². The normalized spacial score (nSPS) is 20.1. The summed E-state index contributed by atoms with van der Waals surface area (Å²) >= 11 is 0. The summed E-state index contributed by atoms with van der Waals surface area (Å²) in [5, 5.41) is 19.1. The molecular weight excluding hydrogens is 272 g/mol. The van der Waals surface area contributed by atoms with Crippen LogP contribution in [0.15, 0.2) is 28.8 Å². The van der Waals surface area contributed by atoms with Crippen LogP contribution in [0.1, 0.15) is 28.9 Å². The van der Waals surface area contributed by atoms with Crippen LogP contribution < -0.4 is 10.6 Å². The zero-order valence-corrected chi connectivity index (χ0v) is 11.5. The van der Waals surface area contributed by atoms with E-state index in [-0.39, 0.29) is 12.6 Å². The van der Waals surface area contributed by atoms with Crippen molar-refractivity contribution in [1.82, 2.24) is 20.8 Å². The molecule has 110 valence electrons. The number of nitrogens with one attached hydrogen (secondary N) is 2. The van der Waals surface area contributed by atoms with Crippen LogP contribution in [0, 0.1) is 6.92 Å². The highest BCUT2D eigenvalue weighted by Crippen LogP contribution is 2.30. The predicted octanol–water partition coefficient (Wildman–Crippen LogP) is 0.836. The maximum Gasteiger partial charge on any atom is 0.315 e. The average molecular weight is 288 g/mol. The topological polar surface area (TPSA) is 100 Å². The fourth-order valence-electron chi connectivity index (χ4n) is 2.51. The molecule has 7 heteroatoms. The van der Waals surface area contributed by atoms with Crippen LogP contribution in [0.3, 0.4) is 0 Å². The maximum atomic E-state index is 11.9. The molecule has 0 radical (unpaired) electrons. The van der Waals surface area contributed by atoms with Crippen LogP contribution >= 0.6 is 0 Å². The summed E-state index contributed by atoms with van der Waals surface area (Å²) in [5.41, 5.74) is 2.01. The number of carbonyl (C=O) groups is 1. The molecule has 1 aromatic carbocycles. The number of aryl methyl sites for hydroxylation is 1. The van der Waals surface area contributed by atoms with Crippen LogP contribution in [0.4, 0.5) is 4.79 Å². The van der Waals surface area contributed by atoms with Gasteiger partial charge in [0.2, 0.25) is 5.89 Å². The molecule has 0 fully saturated rings. The molecule has 0 aliphatic heterocycles. The Balaban J connectivity index is 1.60. The molecule has 2 atom stereocenters. The summed E-state index contributed by atoms with van der Waals surface area (Å²) in [6, 6.07) is 6.91. The summed E-state index contributed by atoms with van der Waals surface area (Å²) < 4.78 is 4.91. The van der Waals surface area contributed by atoms with Gasteiger partial charge in [-0.2, -0.15) is 4.98 Å². The van der Waals surface area contributed by atoms with Gasteiger partial charge in [0.25, 0.3) is 0 Å². The lowest BCUT2D eigenvalue weighted by molar-refractivity contribution is 0.142. The molecule has 7 nitrogen and oxygen atoms in total. The lowest BCUT2D eigenvalue weighted by Crippen LogP contribution is -2.40. The van der Waals surface area contributed by atoms with Gasteiger partial charge in [0.15, 0.2) is 5.82 Å². The number of aliphatic hydroxyl groups excluding tert-OH is 1. The van der Waals surface area contributed by atoms with Gasteiger partial charge in [0.1, 0.15) is 0 Å².